The van der Waals surface area contributed by atoms with Gasteiger partial charge in [0.1, 0.15) is 0 Å². The molecule has 1 aromatic heterocycles. The van der Waals surface area contributed by atoms with E-state index < -0.39 is 0 Å². The van der Waals surface area contributed by atoms with E-state index in [1.54, 1.807) is 0 Å². The molecule has 0 saturated heterocycles. The summed E-state index contributed by atoms with van der Waals surface area (Å²) in [6.45, 7) is 6.85. The fourth-order valence-corrected chi connectivity index (χ4v) is 3.59. The Hall–Kier alpha value is -1.57. The topological polar surface area (TPSA) is 24.9 Å². The molecule has 112 valence electrons. The molecule has 0 spiro atoms. The summed E-state index contributed by atoms with van der Waals surface area (Å²) < 4.78 is 0. The van der Waals surface area contributed by atoms with Crippen molar-refractivity contribution < 1.29 is 0 Å². The lowest BCUT2D eigenvalue weighted by atomic mass is 9.79. The van der Waals surface area contributed by atoms with Crippen molar-refractivity contribution in [1.29, 1.82) is 0 Å². The SMILES string of the molecule is Cc1ccc(NC2CCC(C(C)C)CC2)c2cccnc12. The third-order valence-electron chi connectivity index (χ3n) is 5.05. The van der Waals surface area contributed by atoms with Gasteiger partial charge in [0.05, 0.1) is 5.52 Å². The molecule has 1 saturated carbocycles. The number of nitrogens with zero attached hydrogens (tertiary/aromatic N) is 1. The minimum absolute atomic E-state index is 0.617. The minimum atomic E-state index is 0.617. The van der Waals surface area contributed by atoms with Crippen LogP contribution in [0.15, 0.2) is 30.5 Å². The van der Waals surface area contributed by atoms with Crippen molar-refractivity contribution in [3.05, 3.63) is 36.0 Å². The maximum Gasteiger partial charge on any atom is 0.0751 e. The van der Waals surface area contributed by atoms with E-state index in [1.807, 2.05) is 12.3 Å². The van der Waals surface area contributed by atoms with E-state index in [-0.39, 0.29) is 0 Å². The lowest BCUT2D eigenvalue weighted by Gasteiger charge is -2.32. The van der Waals surface area contributed by atoms with Crippen LogP contribution in [0.2, 0.25) is 0 Å². The van der Waals surface area contributed by atoms with Crippen molar-refractivity contribution >= 4 is 16.6 Å². The van der Waals surface area contributed by atoms with Gasteiger partial charge in [-0.3, -0.25) is 4.98 Å². The first-order valence-corrected chi connectivity index (χ1v) is 8.26. The van der Waals surface area contributed by atoms with E-state index in [2.05, 4.69) is 49.3 Å². The maximum absolute atomic E-state index is 4.53. The molecule has 0 amide bonds. The number of pyridine rings is 1. The first-order valence-electron chi connectivity index (χ1n) is 8.26. The molecular weight excluding hydrogens is 256 g/mol. The number of rotatable bonds is 3. The third-order valence-corrected chi connectivity index (χ3v) is 5.05. The predicted molar refractivity (Wildman–Crippen MR) is 90.7 cm³/mol. The third kappa shape index (κ3) is 3.04. The molecular formula is C19H26N2. The Morgan fingerprint density at radius 2 is 1.86 bits per heavy atom. The fraction of sp³-hybridized carbons (Fsp3) is 0.526. The van der Waals surface area contributed by atoms with E-state index in [4.69, 9.17) is 0 Å². The van der Waals surface area contributed by atoms with Crippen molar-refractivity contribution in [1.82, 2.24) is 4.98 Å². The minimum Gasteiger partial charge on any atom is -0.382 e. The van der Waals surface area contributed by atoms with Gasteiger partial charge in [0, 0.05) is 23.3 Å². The molecule has 1 aromatic carbocycles. The Morgan fingerprint density at radius 1 is 1.10 bits per heavy atom. The molecule has 0 atom stereocenters. The quantitative estimate of drug-likeness (QED) is 0.840. The van der Waals surface area contributed by atoms with Gasteiger partial charge in [-0.05, 0) is 68.2 Å². The highest BCUT2D eigenvalue weighted by molar-refractivity contribution is 5.93. The molecule has 1 N–H and O–H groups in total. The molecule has 2 heteroatoms. The number of aryl methyl sites for hydroxylation is 1. The van der Waals surface area contributed by atoms with Crippen LogP contribution >= 0.6 is 0 Å². The highest BCUT2D eigenvalue weighted by Crippen LogP contribution is 2.33. The van der Waals surface area contributed by atoms with Gasteiger partial charge in [-0.25, -0.2) is 0 Å². The summed E-state index contributed by atoms with van der Waals surface area (Å²) in [5, 5.41) is 5.02. The van der Waals surface area contributed by atoms with Gasteiger partial charge in [0.15, 0.2) is 0 Å². The molecule has 1 aliphatic carbocycles. The van der Waals surface area contributed by atoms with E-state index in [0.717, 1.165) is 17.4 Å². The Kier molecular flexibility index (Phi) is 4.14. The van der Waals surface area contributed by atoms with Crippen molar-refractivity contribution in [3.63, 3.8) is 0 Å². The molecule has 2 nitrogen and oxygen atoms in total. The van der Waals surface area contributed by atoms with Gasteiger partial charge in [0.25, 0.3) is 0 Å². The lowest BCUT2D eigenvalue weighted by molar-refractivity contribution is 0.267. The number of anilines is 1. The summed E-state index contributed by atoms with van der Waals surface area (Å²) in [5.41, 5.74) is 3.62. The second-order valence-corrected chi connectivity index (χ2v) is 6.83. The molecule has 0 unspecified atom stereocenters. The number of fused-ring (bicyclic) bond motifs is 1. The Bertz CT molecular complexity index is 610. The molecule has 1 aliphatic rings. The van der Waals surface area contributed by atoms with E-state index >= 15 is 0 Å². The lowest BCUT2D eigenvalue weighted by Crippen LogP contribution is -2.28. The van der Waals surface area contributed by atoms with Gasteiger partial charge in [-0.1, -0.05) is 19.9 Å². The summed E-state index contributed by atoms with van der Waals surface area (Å²) in [5.74, 6) is 1.75. The Morgan fingerprint density at radius 3 is 2.57 bits per heavy atom. The maximum atomic E-state index is 4.53. The second-order valence-electron chi connectivity index (χ2n) is 6.83. The van der Waals surface area contributed by atoms with Crippen LogP contribution in [0, 0.1) is 18.8 Å². The standard InChI is InChI=1S/C19H26N2/c1-13(2)15-7-9-16(10-8-15)21-18-11-6-14(3)19-17(18)5-4-12-20-19/h4-6,11-13,15-16,21H,7-10H2,1-3H3. The average Bonchev–Trinajstić information content (AvgIpc) is 2.51. The molecule has 2 aromatic rings. The molecule has 0 bridgehead atoms. The van der Waals surface area contributed by atoms with Gasteiger partial charge < -0.3 is 5.32 Å². The van der Waals surface area contributed by atoms with E-state index in [9.17, 15) is 0 Å². The molecule has 0 aliphatic heterocycles. The molecule has 21 heavy (non-hydrogen) atoms. The summed E-state index contributed by atoms with van der Waals surface area (Å²) in [4.78, 5) is 4.53. The molecule has 0 radical (unpaired) electrons. The van der Waals surface area contributed by atoms with Crippen LogP contribution in [-0.4, -0.2) is 11.0 Å². The smallest absolute Gasteiger partial charge is 0.0751 e. The van der Waals surface area contributed by atoms with Crippen molar-refractivity contribution in [2.24, 2.45) is 11.8 Å². The fourth-order valence-electron chi connectivity index (χ4n) is 3.59. The number of aromatic nitrogens is 1. The van der Waals surface area contributed by atoms with Crippen LogP contribution < -0.4 is 5.32 Å². The Labute approximate surface area is 128 Å². The number of hydrogen-bond donors (Lipinski definition) is 1. The molecule has 3 rings (SSSR count). The molecule has 1 heterocycles. The number of benzene rings is 1. The zero-order valence-corrected chi connectivity index (χ0v) is 13.4. The summed E-state index contributed by atoms with van der Waals surface area (Å²) in [6.07, 6.45) is 7.18. The zero-order chi connectivity index (χ0) is 14.8. The van der Waals surface area contributed by atoms with Crippen LogP contribution in [0.4, 0.5) is 5.69 Å². The summed E-state index contributed by atoms with van der Waals surface area (Å²) in [6, 6.07) is 9.22. The van der Waals surface area contributed by atoms with Gasteiger partial charge >= 0.3 is 0 Å². The summed E-state index contributed by atoms with van der Waals surface area (Å²) in [7, 11) is 0. The highest BCUT2D eigenvalue weighted by Gasteiger charge is 2.23. The van der Waals surface area contributed by atoms with Crippen molar-refractivity contribution in [3.8, 4) is 0 Å². The Balaban J connectivity index is 1.76. The average molecular weight is 282 g/mol. The van der Waals surface area contributed by atoms with Gasteiger partial charge in [-0.15, -0.1) is 0 Å². The van der Waals surface area contributed by atoms with Crippen molar-refractivity contribution in [2.45, 2.75) is 52.5 Å². The van der Waals surface area contributed by atoms with Gasteiger partial charge in [-0.2, -0.15) is 0 Å². The van der Waals surface area contributed by atoms with E-state index in [1.165, 1.54) is 42.3 Å². The second kappa shape index (κ2) is 6.05. The van der Waals surface area contributed by atoms with Crippen LogP contribution in [0.1, 0.15) is 45.1 Å². The first kappa shape index (κ1) is 14.4. The normalized spacial score (nSPS) is 22.7. The van der Waals surface area contributed by atoms with Crippen LogP contribution in [0.25, 0.3) is 10.9 Å². The first-order chi connectivity index (χ1) is 10.1. The van der Waals surface area contributed by atoms with Gasteiger partial charge in [0.2, 0.25) is 0 Å². The zero-order valence-electron chi connectivity index (χ0n) is 13.4. The molecule has 1 fully saturated rings. The summed E-state index contributed by atoms with van der Waals surface area (Å²) >= 11 is 0. The number of hydrogen-bond acceptors (Lipinski definition) is 2. The number of nitrogens with one attached hydrogen (secondary N) is 1. The van der Waals surface area contributed by atoms with Crippen LogP contribution in [0.5, 0.6) is 0 Å². The largest absolute Gasteiger partial charge is 0.382 e. The monoisotopic (exact) mass is 282 g/mol. The highest BCUT2D eigenvalue weighted by atomic mass is 14.9. The van der Waals surface area contributed by atoms with Crippen LogP contribution in [0.3, 0.4) is 0 Å². The van der Waals surface area contributed by atoms with E-state index in [0.29, 0.717) is 6.04 Å². The predicted octanol–water partition coefficient (Wildman–Crippen LogP) is 5.17. The van der Waals surface area contributed by atoms with Crippen LogP contribution in [-0.2, 0) is 0 Å². The van der Waals surface area contributed by atoms with Crippen molar-refractivity contribution in [2.75, 3.05) is 5.32 Å².